The number of hydrogen-bond donors (Lipinski definition) is 0. The van der Waals surface area contributed by atoms with E-state index in [1.807, 2.05) is 0 Å². The van der Waals surface area contributed by atoms with Crippen LogP contribution in [0.3, 0.4) is 0 Å². The molecular weight excluding hydrogens is 253 g/mol. The van der Waals surface area contributed by atoms with Crippen molar-refractivity contribution in [2.24, 2.45) is 0 Å². The van der Waals surface area contributed by atoms with Crippen molar-refractivity contribution in [1.82, 2.24) is 4.98 Å². The molecule has 0 atom stereocenters. The highest BCUT2D eigenvalue weighted by molar-refractivity contribution is 5.63. The van der Waals surface area contributed by atoms with Gasteiger partial charge in [-0.15, -0.1) is 0 Å². The van der Waals surface area contributed by atoms with Gasteiger partial charge in [-0.05, 0) is 29.8 Å². The second-order valence-corrected chi connectivity index (χ2v) is 3.55. The Hall–Kier alpha value is -1.98. The molecule has 2 rings (SSSR count). The summed E-state index contributed by atoms with van der Waals surface area (Å²) in [6.45, 7) is 0. The van der Waals surface area contributed by atoms with Crippen LogP contribution < -0.4 is 0 Å². The molecule has 94 valence electrons. The van der Waals surface area contributed by atoms with Gasteiger partial charge in [-0.2, -0.15) is 26.9 Å². The Kier molecular flexibility index (Phi) is 3.02. The fourth-order valence-electron chi connectivity index (χ4n) is 1.47. The van der Waals surface area contributed by atoms with Gasteiger partial charge in [0.15, 0.2) is 0 Å². The van der Waals surface area contributed by atoms with E-state index in [-0.39, 0.29) is 11.1 Å². The molecule has 1 aromatic heterocycles. The van der Waals surface area contributed by atoms with E-state index >= 15 is 0 Å². The van der Waals surface area contributed by atoms with Crippen molar-refractivity contribution in [1.29, 1.82) is 0 Å². The van der Waals surface area contributed by atoms with Crippen LogP contribution in [0.2, 0.25) is 0 Å². The Bertz CT molecular complexity index is 560. The van der Waals surface area contributed by atoms with E-state index in [0.29, 0.717) is 0 Å². The molecule has 1 nitrogen and oxygen atoms in total. The summed E-state index contributed by atoms with van der Waals surface area (Å²) < 4.78 is 62.8. The molecule has 18 heavy (non-hydrogen) atoms. The van der Waals surface area contributed by atoms with Gasteiger partial charge >= 0.3 is 6.18 Å². The second kappa shape index (κ2) is 4.36. The molecule has 0 bridgehead atoms. The molecule has 0 amide bonds. The quantitative estimate of drug-likeness (QED) is 0.556. The highest BCUT2D eigenvalue weighted by Crippen LogP contribution is 2.31. The van der Waals surface area contributed by atoms with Crippen LogP contribution in [0.25, 0.3) is 11.1 Å². The van der Waals surface area contributed by atoms with Crippen molar-refractivity contribution in [3.05, 3.63) is 53.9 Å². The Morgan fingerprint density at radius 1 is 0.833 bits per heavy atom. The SMILES string of the molecule is Fc1ccc(-c2ccc(C(F)(F)F)cc2)c(F)n1. The maximum Gasteiger partial charge on any atom is 0.416 e. The molecule has 0 fully saturated rings. The van der Waals surface area contributed by atoms with Crippen LogP contribution in [-0.4, -0.2) is 4.98 Å². The fourth-order valence-corrected chi connectivity index (χ4v) is 1.47. The number of nitrogens with zero attached hydrogens (tertiary/aromatic N) is 1. The molecule has 0 radical (unpaired) electrons. The molecule has 0 saturated heterocycles. The maximum atomic E-state index is 13.3. The highest BCUT2D eigenvalue weighted by atomic mass is 19.4. The first-order valence-electron chi connectivity index (χ1n) is 4.87. The number of rotatable bonds is 1. The number of alkyl halides is 3. The third-order valence-electron chi connectivity index (χ3n) is 2.34. The fraction of sp³-hybridized carbons (Fsp3) is 0.0833. The van der Waals surface area contributed by atoms with Gasteiger partial charge < -0.3 is 0 Å². The van der Waals surface area contributed by atoms with Gasteiger partial charge in [-0.25, -0.2) is 0 Å². The summed E-state index contributed by atoms with van der Waals surface area (Å²) in [5.41, 5.74) is -0.681. The molecule has 2 aromatic rings. The van der Waals surface area contributed by atoms with Crippen molar-refractivity contribution < 1.29 is 22.0 Å². The lowest BCUT2D eigenvalue weighted by atomic mass is 10.1. The first kappa shape index (κ1) is 12.5. The van der Waals surface area contributed by atoms with Crippen molar-refractivity contribution in [2.75, 3.05) is 0 Å². The summed E-state index contributed by atoms with van der Waals surface area (Å²) >= 11 is 0. The van der Waals surface area contributed by atoms with Crippen LogP contribution in [0.15, 0.2) is 36.4 Å². The lowest BCUT2D eigenvalue weighted by Crippen LogP contribution is -2.04. The molecule has 0 unspecified atom stereocenters. The van der Waals surface area contributed by atoms with Gasteiger partial charge in [0, 0.05) is 5.56 Å². The van der Waals surface area contributed by atoms with Gasteiger partial charge in [0.25, 0.3) is 0 Å². The van der Waals surface area contributed by atoms with Gasteiger partial charge in [-0.1, -0.05) is 12.1 Å². The van der Waals surface area contributed by atoms with Crippen molar-refractivity contribution >= 4 is 0 Å². The molecular formula is C12H6F5N. The minimum absolute atomic E-state index is 0.0508. The lowest BCUT2D eigenvalue weighted by molar-refractivity contribution is -0.137. The van der Waals surface area contributed by atoms with Crippen LogP contribution >= 0.6 is 0 Å². The smallest absolute Gasteiger partial charge is 0.190 e. The topological polar surface area (TPSA) is 12.9 Å². The Morgan fingerprint density at radius 3 is 1.94 bits per heavy atom. The van der Waals surface area contributed by atoms with Gasteiger partial charge in [-0.3, -0.25) is 0 Å². The molecule has 0 aliphatic rings. The van der Waals surface area contributed by atoms with E-state index in [1.54, 1.807) is 0 Å². The third kappa shape index (κ3) is 2.47. The van der Waals surface area contributed by atoms with E-state index in [4.69, 9.17) is 0 Å². The van der Waals surface area contributed by atoms with Crippen LogP contribution in [0.4, 0.5) is 22.0 Å². The molecule has 0 N–H and O–H groups in total. The molecule has 0 spiro atoms. The Balaban J connectivity index is 2.41. The largest absolute Gasteiger partial charge is 0.416 e. The normalized spacial score (nSPS) is 11.6. The van der Waals surface area contributed by atoms with Crippen LogP contribution in [0.5, 0.6) is 0 Å². The summed E-state index contributed by atoms with van der Waals surface area (Å²) in [6.07, 6.45) is -4.45. The number of pyridine rings is 1. The van der Waals surface area contributed by atoms with E-state index in [9.17, 15) is 22.0 Å². The van der Waals surface area contributed by atoms with Crippen LogP contribution in [-0.2, 0) is 6.18 Å². The van der Waals surface area contributed by atoms with E-state index in [2.05, 4.69) is 4.98 Å². The Morgan fingerprint density at radius 2 is 1.44 bits per heavy atom. The van der Waals surface area contributed by atoms with E-state index in [0.717, 1.165) is 36.4 Å². The first-order chi connectivity index (χ1) is 8.38. The molecule has 6 heteroatoms. The summed E-state index contributed by atoms with van der Waals surface area (Å²) in [5, 5.41) is 0. The zero-order valence-corrected chi connectivity index (χ0v) is 8.80. The Labute approximate surface area is 98.9 Å². The zero-order chi connectivity index (χ0) is 13.3. The van der Waals surface area contributed by atoms with E-state index in [1.165, 1.54) is 0 Å². The average molecular weight is 259 g/mol. The van der Waals surface area contributed by atoms with Gasteiger partial charge in [0.1, 0.15) is 0 Å². The average Bonchev–Trinajstić information content (AvgIpc) is 2.28. The van der Waals surface area contributed by atoms with Crippen LogP contribution in [0.1, 0.15) is 5.56 Å². The molecule has 0 saturated carbocycles. The summed E-state index contributed by atoms with van der Waals surface area (Å²) in [7, 11) is 0. The zero-order valence-electron chi connectivity index (χ0n) is 8.80. The maximum absolute atomic E-state index is 13.3. The lowest BCUT2D eigenvalue weighted by Gasteiger charge is -2.08. The van der Waals surface area contributed by atoms with Gasteiger partial charge in [0.05, 0.1) is 5.56 Å². The summed E-state index contributed by atoms with van der Waals surface area (Å²) in [5.74, 6) is -2.04. The van der Waals surface area contributed by atoms with E-state index < -0.39 is 23.6 Å². The molecule has 0 aliphatic carbocycles. The number of hydrogen-bond acceptors (Lipinski definition) is 1. The number of halogens is 5. The van der Waals surface area contributed by atoms with Crippen LogP contribution in [0, 0.1) is 11.9 Å². The number of benzene rings is 1. The predicted octanol–water partition coefficient (Wildman–Crippen LogP) is 4.05. The van der Waals surface area contributed by atoms with Crippen molar-refractivity contribution in [3.8, 4) is 11.1 Å². The minimum atomic E-state index is -4.45. The predicted molar refractivity (Wildman–Crippen MR) is 54.6 cm³/mol. The summed E-state index contributed by atoms with van der Waals surface area (Å²) in [6, 6.07) is 5.95. The molecule has 1 heterocycles. The van der Waals surface area contributed by atoms with Gasteiger partial charge in [0.2, 0.25) is 11.9 Å². The molecule has 0 aliphatic heterocycles. The standard InChI is InChI=1S/C12H6F5N/c13-10-6-5-9(11(14)18-10)7-1-3-8(4-2-7)12(15,16)17/h1-6H. The third-order valence-corrected chi connectivity index (χ3v) is 2.34. The van der Waals surface area contributed by atoms with Crippen molar-refractivity contribution in [3.63, 3.8) is 0 Å². The monoisotopic (exact) mass is 259 g/mol. The molecule has 1 aromatic carbocycles. The summed E-state index contributed by atoms with van der Waals surface area (Å²) in [4.78, 5) is 2.97. The second-order valence-electron chi connectivity index (χ2n) is 3.55. The minimum Gasteiger partial charge on any atom is -0.190 e. The van der Waals surface area contributed by atoms with Crippen molar-refractivity contribution in [2.45, 2.75) is 6.18 Å². The highest BCUT2D eigenvalue weighted by Gasteiger charge is 2.30. The first-order valence-corrected chi connectivity index (χ1v) is 4.87. The number of aromatic nitrogens is 1.